The van der Waals surface area contributed by atoms with Gasteiger partial charge >= 0.3 is 0 Å². The highest BCUT2D eigenvalue weighted by Crippen LogP contribution is 2.34. The van der Waals surface area contributed by atoms with E-state index < -0.39 is 5.72 Å². The Bertz CT molecular complexity index is 497. The number of nitrogens with zero attached hydrogens (tertiary/aromatic N) is 2. The van der Waals surface area contributed by atoms with Crippen LogP contribution < -0.4 is 4.74 Å². The topological polar surface area (TPSA) is 45.1 Å². The van der Waals surface area contributed by atoms with Gasteiger partial charge in [-0.1, -0.05) is 29.4 Å². The fourth-order valence-corrected chi connectivity index (χ4v) is 3.45. The van der Waals surface area contributed by atoms with E-state index in [1.807, 2.05) is 17.0 Å². The lowest BCUT2D eigenvalue weighted by Crippen LogP contribution is -2.51. The van der Waals surface area contributed by atoms with E-state index in [2.05, 4.69) is 4.99 Å². The molecule has 2 heterocycles. The number of ether oxygens (including phenoxy) is 1. The highest BCUT2D eigenvalue weighted by atomic mass is 35.5. The molecule has 1 unspecified atom stereocenters. The first-order chi connectivity index (χ1) is 8.67. The summed E-state index contributed by atoms with van der Waals surface area (Å²) in [5.74, 6) is 1.26. The molecule has 1 atom stereocenters. The van der Waals surface area contributed by atoms with Crippen molar-refractivity contribution in [3.63, 3.8) is 0 Å². The van der Waals surface area contributed by atoms with E-state index in [9.17, 15) is 5.11 Å². The van der Waals surface area contributed by atoms with Gasteiger partial charge in [0.15, 0.2) is 10.9 Å². The normalized spacial score (nSPS) is 26.1. The van der Waals surface area contributed by atoms with Crippen LogP contribution in [0.4, 0.5) is 0 Å². The summed E-state index contributed by atoms with van der Waals surface area (Å²) in [5, 5.41) is 12.1. The van der Waals surface area contributed by atoms with Gasteiger partial charge in [0.2, 0.25) is 0 Å². The molecule has 0 spiro atoms. The van der Waals surface area contributed by atoms with Crippen LogP contribution in [0.25, 0.3) is 0 Å². The molecule has 18 heavy (non-hydrogen) atoms. The van der Waals surface area contributed by atoms with E-state index in [1.165, 1.54) is 0 Å². The summed E-state index contributed by atoms with van der Waals surface area (Å²) in [6.45, 7) is 1.74. The molecular formula is C12H13ClN2O2S. The molecular weight excluding hydrogens is 272 g/mol. The molecule has 1 aromatic rings. The lowest BCUT2D eigenvalue weighted by molar-refractivity contribution is -0.0694. The van der Waals surface area contributed by atoms with Crippen LogP contribution in [0, 0.1) is 0 Å². The fraction of sp³-hybridized carbons (Fsp3) is 0.417. The lowest BCUT2D eigenvalue weighted by Gasteiger charge is -2.31. The van der Waals surface area contributed by atoms with Crippen molar-refractivity contribution in [1.29, 1.82) is 0 Å². The first-order valence-electron chi connectivity index (χ1n) is 5.73. The minimum atomic E-state index is -0.956. The molecule has 1 aromatic carbocycles. The summed E-state index contributed by atoms with van der Waals surface area (Å²) in [6.07, 6.45) is 0. The van der Waals surface area contributed by atoms with Gasteiger partial charge in [-0.05, 0) is 18.2 Å². The molecule has 1 N–H and O–H groups in total. The maximum absolute atomic E-state index is 10.6. The molecule has 3 rings (SSSR count). The van der Waals surface area contributed by atoms with Gasteiger partial charge in [-0.25, -0.2) is 0 Å². The average Bonchev–Trinajstić information content (AvgIpc) is 2.93. The maximum Gasteiger partial charge on any atom is 0.184 e. The van der Waals surface area contributed by atoms with Crippen molar-refractivity contribution >= 4 is 28.5 Å². The van der Waals surface area contributed by atoms with Crippen LogP contribution >= 0.6 is 23.4 Å². The summed E-state index contributed by atoms with van der Waals surface area (Å²) in [5.41, 5.74) is -0.956. The third-order valence-electron chi connectivity index (χ3n) is 3.00. The summed E-state index contributed by atoms with van der Waals surface area (Å²) in [4.78, 5) is 6.25. The van der Waals surface area contributed by atoms with Crippen LogP contribution in [0.15, 0.2) is 29.3 Å². The molecule has 1 fully saturated rings. The summed E-state index contributed by atoms with van der Waals surface area (Å²) >= 11 is 7.47. The van der Waals surface area contributed by atoms with Gasteiger partial charge in [0.05, 0.1) is 12.3 Å². The molecule has 0 saturated carbocycles. The maximum atomic E-state index is 10.6. The first kappa shape index (κ1) is 12.1. The van der Waals surface area contributed by atoms with Gasteiger partial charge in [0.25, 0.3) is 0 Å². The average molecular weight is 285 g/mol. The quantitative estimate of drug-likeness (QED) is 0.920. The summed E-state index contributed by atoms with van der Waals surface area (Å²) < 4.78 is 5.64. The Kier molecular flexibility index (Phi) is 3.13. The van der Waals surface area contributed by atoms with Gasteiger partial charge in [0.1, 0.15) is 12.4 Å². The Morgan fingerprint density at radius 3 is 3.28 bits per heavy atom. The van der Waals surface area contributed by atoms with Crippen molar-refractivity contribution in [2.45, 2.75) is 5.72 Å². The molecule has 0 bridgehead atoms. The second-order valence-electron chi connectivity index (χ2n) is 4.33. The zero-order chi connectivity index (χ0) is 12.6. The van der Waals surface area contributed by atoms with Crippen molar-refractivity contribution in [2.75, 3.05) is 25.4 Å². The largest absolute Gasteiger partial charge is 0.488 e. The van der Waals surface area contributed by atoms with Crippen molar-refractivity contribution in [3.8, 4) is 5.75 Å². The van der Waals surface area contributed by atoms with Gasteiger partial charge in [-0.2, -0.15) is 0 Å². The molecule has 2 aliphatic heterocycles. The van der Waals surface area contributed by atoms with Crippen molar-refractivity contribution in [1.82, 2.24) is 4.90 Å². The van der Waals surface area contributed by atoms with Crippen LogP contribution in [-0.2, 0) is 0 Å². The van der Waals surface area contributed by atoms with Crippen molar-refractivity contribution in [2.24, 2.45) is 4.99 Å². The highest BCUT2D eigenvalue weighted by molar-refractivity contribution is 8.14. The number of rotatable bonds is 3. The third-order valence-corrected chi connectivity index (χ3v) is 4.45. The molecule has 96 valence electrons. The molecule has 0 aliphatic carbocycles. The van der Waals surface area contributed by atoms with Crippen LogP contribution in [0.1, 0.15) is 0 Å². The van der Waals surface area contributed by atoms with Gasteiger partial charge in [-0.15, -0.1) is 0 Å². The van der Waals surface area contributed by atoms with Gasteiger partial charge in [0, 0.05) is 11.6 Å². The van der Waals surface area contributed by atoms with E-state index in [-0.39, 0.29) is 6.61 Å². The van der Waals surface area contributed by atoms with E-state index >= 15 is 0 Å². The zero-order valence-corrected chi connectivity index (χ0v) is 11.2. The molecule has 0 radical (unpaired) electrons. The summed E-state index contributed by atoms with van der Waals surface area (Å²) in [7, 11) is 0. The smallest absolute Gasteiger partial charge is 0.184 e. The number of halogens is 1. The SMILES string of the molecule is OC1(COc2cccc(Cl)c2)CSC2=NCCN21. The lowest BCUT2D eigenvalue weighted by atomic mass is 10.2. The van der Waals surface area contributed by atoms with E-state index in [4.69, 9.17) is 16.3 Å². The second kappa shape index (κ2) is 4.64. The number of aliphatic imine (C=N–C) groups is 1. The first-order valence-corrected chi connectivity index (χ1v) is 7.09. The minimum Gasteiger partial charge on any atom is -0.488 e. The summed E-state index contributed by atoms with van der Waals surface area (Å²) in [6, 6.07) is 7.19. The van der Waals surface area contributed by atoms with Crippen molar-refractivity contribution < 1.29 is 9.84 Å². The van der Waals surface area contributed by atoms with Gasteiger partial charge in [-0.3, -0.25) is 4.99 Å². The molecule has 0 aromatic heterocycles. The molecule has 1 saturated heterocycles. The number of aliphatic hydroxyl groups is 1. The predicted octanol–water partition coefficient (Wildman–Crippen LogP) is 1.83. The number of benzene rings is 1. The Morgan fingerprint density at radius 2 is 2.44 bits per heavy atom. The van der Waals surface area contributed by atoms with E-state index in [0.717, 1.165) is 18.3 Å². The predicted molar refractivity (Wildman–Crippen MR) is 73.4 cm³/mol. The van der Waals surface area contributed by atoms with Crippen LogP contribution in [-0.4, -0.2) is 46.3 Å². The van der Waals surface area contributed by atoms with E-state index in [0.29, 0.717) is 16.5 Å². The Hall–Kier alpha value is -0.910. The second-order valence-corrected chi connectivity index (χ2v) is 5.71. The van der Waals surface area contributed by atoms with E-state index in [1.54, 1.807) is 23.9 Å². The fourth-order valence-electron chi connectivity index (χ4n) is 2.07. The monoisotopic (exact) mass is 284 g/mol. The Balaban J connectivity index is 1.68. The standard InChI is InChI=1S/C12H13ClN2O2S/c13-9-2-1-3-10(6-9)17-7-12(16)8-18-11-14-4-5-15(11)12/h1-3,6,16H,4-5,7-8H2. The van der Waals surface area contributed by atoms with Crippen LogP contribution in [0.3, 0.4) is 0 Å². The van der Waals surface area contributed by atoms with Gasteiger partial charge < -0.3 is 14.7 Å². The number of fused-ring (bicyclic) bond motifs is 1. The molecule has 4 nitrogen and oxygen atoms in total. The third kappa shape index (κ3) is 2.18. The Labute approximate surface area is 115 Å². The Morgan fingerprint density at radius 1 is 1.56 bits per heavy atom. The molecule has 6 heteroatoms. The highest BCUT2D eigenvalue weighted by Gasteiger charge is 2.45. The van der Waals surface area contributed by atoms with Crippen LogP contribution in [0.5, 0.6) is 5.75 Å². The minimum absolute atomic E-state index is 0.222. The number of hydrogen-bond donors (Lipinski definition) is 1. The number of thioether (sulfide) groups is 1. The zero-order valence-electron chi connectivity index (χ0n) is 9.67. The van der Waals surface area contributed by atoms with Crippen LogP contribution in [0.2, 0.25) is 5.02 Å². The van der Waals surface area contributed by atoms with Crippen molar-refractivity contribution in [3.05, 3.63) is 29.3 Å². The molecule has 0 amide bonds. The number of hydrogen-bond acceptors (Lipinski definition) is 5. The number of amidine groups is 1. The molecule has 2 aliphatic rings.